The molecule has 0 saturated heterocycles. The zero-order valence-corrected chi connectivity index (χ0v) is 9.88. The van der Waals surface area contributed by atoms with Crippen LogP contribution in [0.25, 0.3) is 0 Å². The third kappa shape index (κ3) is 2.78. The fourth-order valence-corrected chi connectivity index (χ4v) is 1.61. The molecule has 0 bridgehead atoms. The molecule has 2 aromatic carbocycles. The monoisotopic (exact) mass is 238 g/mol. The van der Waals surface area contributed by atoms with Crippen molar-refractivity contribution in [2.24, 2.45) is 0 Å². The van der Waals surface area contributed by atoms with Gasteiger partial charge in [0.25, 0.3) is 0 Å². The second-order valence-corrected chi connectivity index (χ2v) is 4.00. The van der Waals surface area contributed by atoms with Gasteiger partial charge in [0.1, 0.15) is 0 Å². The Labute approximate surface area is 107 Å². The highest BCUT2D eigenvalue weighted by Gasteiger charge is 2.25. The Balaban J connectivity index is 2.33. The molecule has 2 aromatic rings. The molecule has 18 heavy (non-hydrogen) atoms. The standard InChI is InChI=1S/C16H14O2/c17-13-16(18,15-9-5-2-6-10-15)12-11-14-7-3-1-4-8-14/h1-10,17-18H,13H2. The van der Waals surface area contributed by atoms with E-state index in [9.17, 15) is 10.2 Å². The van der Waals surface area contributed by atoms with Crippen LogP contribution < -0.4 is 0 Å². The number of rotatable bonds is 2. The van der Waals surface area contributed by atoms with Gasteiger partial charge in [-0.1, -0.05) is 60.4 Å². The van der Waals surface area contributed by atoms with Crippen molar-refractivity contribution in [2.75, 3.05) is 6.61 Å². The molecule has 90 valence electrons. The summed E-state index contributed by atoms with van der Waals surface area (Å²) < 4.78 is 0. The quantitative estimate of drug-likeness (QED) is 0.785. The maximum atomic E-state index is 10.3. The van der Waals surface area contributed by atoms with E-state index in [-0.39, 0.29) is 0 Å². The Hall–Kier alpha value is -2.08. The van der Waals surface area contributed by atoms with E-state index >= 15 is 0 Å². The first kappa shape index (κ1) is 12.4. The molecule has 0 heterocycles. The second-order valence-electron chi connectivity index (χ2n) is 4.00. The number of aliphatic hydroxyl groups is 2. The summed E-state index contributed by atoms with van der Waals surface area (Å²) in [5.41, 5.74) is -0.117. The minimum Gasteiger partial charge on any atom is -0.392 e. The van der Waals surface area contributed by atoms with Crippen molar-refractivity contribution in [3.05, 3.63) is 71.8 Å². The van der Waals surface area contributed by atoms with Crippen molar-refractivity contribution >= 4 is 0 Å². The summed E-state index contributed by atoms with van der Waals surface area (Å²) in [5.74, 6) is 5.61. The average molecular weight is 238 g/mol. The molecule has 0 spiro atoms. The summed E-state index contributed by atoms with van der Waals surface area (Å²) in [6, 6.07) is 18.3. The van der Waals surface area contributed by atoms with Crippen LogP contribution in [0.15, 0.2) is 60.7 Å². The summed E-state index contributed by atoms with van der Waals surface area (Å²) in [7, 11) is 0. The molecule has 0 aliphatic carbocycles. The molecule has 2 heteroatoms. The van der Waals surface area contributed by atoms with Crippen LogP contribution in [0.1, 0.15) is 11.1 Å². The van der Waals surface area contributed by atoms with Crippen molar-refractivity contribution in [1.29, 1.82) is 0 Å². The lowest BCUT2D eigenvalue weighted by Crippen LogP contribution is -2.28. The number of aliphatic hydroxyl groups excluding tert-OH is 1. The third-order valence-corrected chi connectivity index (χ3v) is 2.67. The van der Waals surface area contributed by atoms with Crippen LogP contribution >= 0.6 is 0 Å². The lowest BCUT2D eigenvalue weighted by molar-refractivity contribution is 0.0329. The van der Waals surface area contributed by atoms with E-state index in [4.69, 9.17) is 0 Å². The first-order valence-corrected chi connectivity index (χ1v) is 5.71. The number of hydrogen-bond donors (Lipinski definition) is 2. The Morgan fingerprint density at radius 1 is 0.889 bits per heavy atom. The van der Waals surface area contributed by atoms with Crippen molar-refractivity contribution < 1.29 is 10.2 Å². The molecule has 1 unspecified atom stereocenters. The summed E-state index contributed by atoms with van der Waals surface area (Å²) >= 11 is 0. The van der Waals surface area contributed by atoms with Gasteiger partial charge in [-0.15, -0.1) is 0 Å². The minimum atomic E-state index is -1.52. The van der Waals surface area contributed by atoms with Gasteiger partial charge < -0.3 is 10.2 Å². The van der Waals surface area contributed by atoms with Crippen LogP contribution in [0, 0.1) is 11.8 Å². The Morgan fingerprint density at radius 3 is 2.00 bits per heavy atom. The van der Waals surface area contributed by atoms with Crippen molar-refractivity contribution in [3.8, 4) is 11.8 Å². The molecule has 0 aliphatic rings. The predicted octanol–water partition coefficient (Wildman–Crippen LogP) is 1.92. The van der Waals surface area contributed by atoms with E-state index in [1.807, 2.05) is 36.4 Å². The molecule has 0 saturated carbocycles. The van der Waals surface area contributed by atoms with Crippen LogP contribution in [-0.2, 0) is 5.60 Å². The molecule has 2 nitrogen and oxygen atoms in total. The van der Waals surface area contributed by atoms with Gasteiger partial charge in [-0.3, -0.25) is 0 Å². The molecule has 0 fully saturated rings. The fourth-order valence-electron chi connectivity index (χ4n) is 1.61. The maximum absolute atomic E-state index is 10.3. The predicted molar refractivity (Wildman–Crippen MR) is 70.7 cm³/mol. The first-order valence-electron chi connectivity index (χ1n) is 5.71. The molecular weight excluding hydrogens is 224 g/mol. The summed E-state index contributed by atoms with van der Waals surface area (Å²) in [6.45, 7) is -0.434. The molecular formula is C16H14O2. The average Bonchev–Trinajstić information content (AvgIpc) is 2.47. The van der Waals surface area contributed by atoms with Gasteiger partial charge in [-0.2, -0.15) is 0 Å². The zero-order chi connectivity index (χ0) is 12.8. The maximum Gasteiger partial charge on any atom is 0.174 e. The van der Waals surface area contributed by atoms with Crippen molar-refractivity contribution in [1.82, 2.24) is 0 Å². The third-order valence-electron chi connectivity index (χ3n) is 2.67. The summed E-state index contributed by atoms with van der Waals surface area (Å²) in [6.07, 6.45) is 0. The Morgan fingerprint density at radius 2 is 1.44 bits per heavy atom. The van der Waals surface area contributed by atoms with E-state index in [0.717, 1.165) is 5.56 Å². The van der Waals surface area contributed by atoms with Gasteiger partial charge in [-0.05, 0) is 17.7 Å². The van der Waals surface area contributed by atoms with Crippen molar-refractivity contribution in [2.45, 2.75) is 5.60 Å². The van der Waals surface area contributed by atoms with E-state index in [2.05, 4.69) is 11.8 Å². The van der Waals surface area contributed by atoms with Crippen LogP contribution in [0.4, 0.5) is 0 Å². The molecule has 2 N–H and O–H groups in total. The van der Waals surface area contributed by atoms with Crippen LogP contribution in [-0.4, -0.2) is 16.8 Å². The van der Waals surface area contributed by atoms with Gasteiger partial charge in [0.2, 0.25) is 0 Å². The van der Waals surface area contributed by atoms with Gasteiger partial charge in [0.05, 0.1) is 6.61 Å². The molecule has 2 rings (SSSR count). The lowest BCUT2D eigenvalue weighted by Gasteiger charge is -2.19. The SMILES string of the molecule is OCC(O)(C#Cc1ccccc1)c1ccccc1. The summed E-state index contributed by atoms with van der Waals surface area (Å²) in [4.78, 5) is 0. The molecule has 1 atom stereocenters. The van der Waals surface area contributed by atoms with E-state index in [0.29, 0.717) is 5.56 Å². The highest BCUT2D eigenvalue weighted by atomic mass is 16.3. The molecule has 0 aliphatic heterocycles. The minimum absolute atomic E-state index is 0.434. The van der Waals surface area contributed by atoms with E-state index < -0.39 is 12.2 Å². The molecule has 0 radical (unpaired) electrons. The van der Waals surface area contributed by atoms with Gasteiger partial charge in [0.15, 0.2) is 5.60 Å². The molecule has 0 aromatic heterocycles. The van der Waals surface area contributed by atoms with Crippen molar-refractivity contribution in [3.63, 3.8) is 0 Å². The van der Waals surface area contributed by atoms with Crippen LogP contribution in [0.2, 0.25) is 0 Å². The number of benzene rings is 2. The van der Waals surface area contributed by atoms with Crippen LogP contribution in [0.3, 0.4) is 0 Å². The highest BCUT2D eigenvalue weighted by Crippen LogP contribution is 2.19. The van der Waals surface area contributed by atoms with Gasteiger partial charge >= 0.3 is 0 Å². The largest absolute Gasteiger partial charge is 0.392 e. The lowest BCUT2D eigenvalue weighted by atomic mass is 9.95. The zero-order valence-electron chi connectivity index (χ0n) is 9.88. The highest BCUT2D eigenvalue weighted by molar-refractivity contribution is 5.39. The Bertz CT molecular complexity index is 552. The topological polar surface area (TPSA) is 40.5 Å². The van der Waals surface area contributed by atoms with Gasteiger partial charge in [0, 0.05) is 5.56 Å². The second kappa shape index (κ2) is 5.50. The first-order chi connectivity index (χ1) is 8.74. The Kier molecular flexibility index (Phi) is 3.78. The molecule has 0 amide bonds. The number of hydrogen-bond acceptors (Lipinski definition) is 2. The fraction of sp³-hybridized carbons (Fsp3) is 0.125. The van der Waals surface area contributed by atoms with E-state index in [1.165, 1.54) is 0 Å². The normalized spacial score (nSPS) is 13.2. The van der Waals surface area contributed by atoms with E-state index in [1.54, 1.807) is 24.3 Å². The summed E-state index contributed by atoms with van der Waals surface area (Å²) in [5, 5.41) is 19.7. The smallest absolute Gasteiger partial charge is 0.174 e. The van der Waals surface area contributed by atoms with Gasteiger partial charge in [-0.25, -0.2) is 0 Å². The van der Waals surface area contributed by atoms with Crippen LogP contribution in [0.5, 0.6) is 0 Å².